The monoisotopic (exact) mass is 292 g/mol. The second kappa shape index (κ2) is 8.55. The number of hydrogen-bond donors (Lipinski definition) is 0. The average molecular weight is 292 g/mol. The second-order valence-electron chi connectivity index (χ2n) is 4.74. The topological polar surface area (TPSA) is 32.8 Å². The largest absolute Gasteiger partial charge is 0.462 e. The zero-order valence-electron chi connectivity index (χ0n) is 14.0. The molecule has 0 aliphatic rings. The number of carbonyl (C=O) groups excluding carboxylic acids is 1. The van der Waals surface area contributed by atoms with Gasteiger partial charge in [-0.1, -0.05) is 6.07 Å². The van der Waals surface area contributed by atoms with E-state index in [9.17, 15) is 4.79 Å². The van der Waals surface area contributed by atoms with Gasteiger partial charge in [-0.3, -0.25) is 0 Å². The SMILES string of the molecule is CCOC(=O)c1c(N(CC)CC)cccc1N(CC)CC. The van der Waals surface area contributed by atoms with E-state index in [0.717, 1.165) is 37.6 Å². The highest BCUT2D eigenvalue weighted by Gasteiger charge is 2.22. The predicted molar refractivity (Wildman–Crippen MR) is 89.5 cm³/mol. The number of ether oxygens (including phenoxy) is 1. The summed E-state index contributed by atoms with van der Waals surface area (Å²) < 4.78 is 5.30. The third kappa shape index (κ3) is 3.90. The minimum absolute atomic E-state index is 0.234. The molecule has 0 radical (unpaired) electrons. The van der Waals surface area contributed by atoms with Gasteiger partial charge < -0.3 is 14.5 Å². The van der Waals surface area contributed by atoms with Gasteiger partial charge in [0.1, 0.15) is 5.56 Å². The molecule has 0 aliphatic carbocycles. The fourth-order valence-corrected chi connectivity index (χ4v) is 2.60. The maximum atomic E-state index is 12.5. The predicted octanol–water partition coefficient (Wildman–Crippen LogP) is 3.56. The first-order chi connectivity index (χ1) is 10.1. The van der Waals surface area contributed by atoms with Crippen LogP contribution in [0.3, 0.4) is 0 Å². The highest BCUT2D eigenvalue weighted by atomic mass is 16.5. The van der Waals surface area contributed by atoms with Gasteiger partial charge in [-0.25, -0.2) is 4.79 Å². The van der Waals surface area contributed by atoms with Gasteiger partial charge in [-0.15, -0.1) is 0 Å². The Bertz CT molecular complexity index is 422. The van der Waals surface area contributed by atoms with Crippen molar-refractivity contribution in [3.8, 4) is 0 Å². The zero-order valence-corrected chi connectivity index (χ0v) is 14.0. The van der Waals surface area contributed by atoms with Gasteiger partial charge in [0.15, 0.2) is 0 Å². The quantitative estimate of drug-likeness (QED) is 0.686. The fraction of sp³-hybridized carbons (Fsp3) is 0.588. The molecular weight excluding hydrogens is 264 g/mol. The molecule has 0 aliphatic heterocycles. The number of benzene rings is 1. The Morgan fingerprint density at radius 2 is 1.33 bits per heavy atom. The summed E-state index contributed by atoms with van der Waals surface area (Å²) in [6.45, 7) is 14.1. The van der Waals surface area contributed by atoms with Crippen molar-refractivity contribution in [1.29, 1.82) is 0 Å². The summed E-state index contributed by atoms with van der Waals surface area (Å²) in [6.07, 6.45) is 0. The molecule has 0 atom stereocenters. The summed E-state index contributed by atoms with van der Waals surface area (Å²) in [5, 5.41) is 0. The van der Waals surface area contributed by atoms with Crippen molar-refractivity contribution in [2.75, 3.05) is 42.6 Å². The van der Waals surface area contributed by atoms with Crippen LogP contribution in [-0.4, -0.2) is 38.8 Å². The lowest BCUT2D eigenvalue weighted by molar-refractivity contribution is 0.0528. The van der Waals surface area contributed by atoms with Crippen LogP contribution in [-0.2, 0) is 4.74 Å². The molecule has 1 aromatic rings. The summed E-state index contributed by atoms with van der Waals surface area (Å²) in [5.41, 5.74) is 2.61. The van der Waals surface area contributed by atoms with E-state index < -0.39 is 0 Å². The standard InChI is InChI=1S/C17H28N2O2/c1-6-18(7-2)14-12-11-13-15(19(8-3)9-4)16(14)17(20)21-10-5/h11-13H,6-10H2,1-5H3. The molecule has 4 heteroatoms. The number of anilines is 2. The summed E-state index contributed by atoms with van der Waals surface area (Å²) in [7, 11) is 0. The molecule has 0 saturated carbocycles. The smallest absolute Gasteiger partial charge is 0.342 e. The molecule has 1 rings (SSSR count). The van der Waals surface area contributed by atoms with Crippen molar-refractivity contribution in [1.82, 2.24) is 0 Å². The molecule has 0 saturated heterocycles. The molecule has 0 N–H and O–H groups in total. The van der Waals surface area contributed by atoms with Crippen molar-refractivity contribution >= 4 is 17.3 Å². The molecule has 0 bridgehead atoms. The third-order valence-electron chi connectivity index (χ3n) is 3.71. The van der Waals surface area contributed by atoms with Gasteiger partial charge in [-0.05, 0) is 46.8 Å². The normalized spacial score (nSPS) is 10.3. The molecule has 0 aromatic heterocycles. The van der Waals surface area contributed by atoms with Gasteiger partial charge in [0, 0.05) is 26.2 Å². The number of esters is 1. The number of carbonyl (C=O) groups is 1. The first kappa shape index (κ1) is 17.3. The van der Waals surface area contributed by atoms with Gasteiger partial charge in [0.25, 0.3) is 0 Å². The lowest BCUT2D eigenvalue weighted by atomic mass is 10.1. The van der Waals surface area contributed by atoms with Gasteiger partial charge in [0.2, 0.25) is 0 Å². The lowest BCUT2D eigenvalue weighted by Crippen LogP contribution is -2.29. The van der Waals surface area contributed by atoms with E-state index in [1.807, 2.05) is 25.1 Å². The Kier molecular flexibility index (Phi) is 7.06. The Balaban J connectivity index is 3.43. The first-order valence-corrected chi connectivity index (χ1v) is 7.94. The van der Waals surface area contributed by atoms with Crippen LogP contribution in [0.25, 0.3) is 0 Å². The van der Waals surface area contributed by atoms with Crippen molar-refractivity contribution < 1.29 is 9.53 Å². The first-order valence-electron chi connectivity index (χ1n) is 7.94. The maximum Gasteiger partial charge on any atom is 0.342 e. The average Bonchev–Trinajstić information content (AvgIpc) is 2.50. The van der Waals surface area contributed by atoms with Crippen LogP contribution in [0.4, 0.5) is 11.4 Å². The molecule has 21 heavy (non-hydrogen) atoms. The molecule has 0 amide bonds. The van der Waals surface area contributed by atoms with E-state index in [2.05, 4.69) is 37.5 Å². The highest BCUT2D eigenvalue weighted by molar-refractivity contribution is 6.02. The summed E-state index contributed by atoms with van der Waals surface area (Å²) >= 11 is 0. The second-order valence-corrected chi connectivity index (χ2v) is 4.74. The highest BCUT2D eigenvalue weighted by Crippen LogP contribution is 2.31. The molecule has 0 spiro atoms. The Morgan fingerprint density at radius 1 is 0.905 bits per heavy atom. The van der Waals surface area contributed by atoms with Crippen LogP contribution in [0.15, 0.2) is 18.2 Å². The number of rotatable bonds is 8. The van der Waals surface area contributed by atoms with Crippen LogP contribution in [0.2, 0.25) is 0 Å². The molecule has 0 fully saturated rings. The fourth-order valence-electron chi connectivity index (χ4n) is 2.60. The minimum Gasteiger partial charge on any atom is -0.462 e. The van der Waals surface area contributed by atoms with Crippen LogP contribution >= 0.6 is 0 Å². The van der Waals surface area contributed by atoms with E-state index in [-0.39, 0.29) is 5.97 Å². The van der Waals surface area contributed by atoms with Gasteiger partial charge in [-0.2, -0.15) is 0 Å². The Hall–Kier alpha value is -1.71. The third-order valence-corrected chi connectivity index (χ3v) is 3.71. The summed E-state index contributed by atoms with van der Waals surface area (Å²) in [6, 6.07) is 6.03. The van der Waals surface area contributed by atoms with E-state index >= 15 is 0 Å². The minimum atomic E-state index is -0.234. The Labute approximate surface area is 128 Å². The van der Waals surface area contributed by atoms with Crippen LogP contribution in [0.1, 0.15) is 45.0 Å². The Morgan fingerprint density at radius 3 is 1.67 bits per heavy atom. The van der Waals surface area contributed by atoms with Crippen LogP contribution in [0.5, 0.6) is 0 Å². The molecule has 118 valence electrons. The molecule has 0 heterocycles. The van der Waals surface area contributed by atoms with Crippen molar-refractivity contribution in [3.05, 3.63) is 23.8 Å². The molecule has 4 nitrogen and oxygen atoms in total. The van der Waals surface area contributed by atoms with Gasteiger partial charge in [0.05, 0.1) is 18.0 Å². The summed E-state index contributed by atoms with van der Waals surface area (Å²) in [5.74, 6) is -0.234. The van der Waals surface area contributed by atoms with Crippen molar-refractivity contribution in [2.24, 2.45) is 0 Å². The van der Waals surface area contributed by atoms with Gasteiger partial charge >= 0.3 is 5.97 Å². The molecular formula is C17H28N2O2. The maximum absolute atomic E-state index is 12.5. The number of nitrogens with zero attached hydrogens (tertiary/aromatic N) is 2. The van der Waals surface area contributed by atoms with Crippen molar-refractivity contribution in [3.63, 3.8) is 0 Å². The van der Waals surface area contributed by atoms with E-state index in [1.54, 1.807) is 0 Å². The lowest BCUT2D eigenvalue weighted by Gasteiger charge is -2.29. The van der Waals surface area contributed by atoms with E-state index in [4.69, 9.17) is 4.74 Å². The number of hydrogen-bond acceptors (Lipinski definition) is 4. The molecule has 1 aromatic carbocycles. The van der Waals surface area contributed by atoms with Crippen LogP contribution < -0.4 is 9.80 Å². The summed E-state index contributed by atoms with van der Waals surface area (Å²) in [4.78, 5) is 16.9. The van der Waals surface area contributed by atoms with Crippen LogP contribution in [0, 0.1) is 0 Å². The van der Waals surface area contributed by atoms with E-state index in [1.165, 1.54) is 0 Å². The zero-order chi connectivity index (χ0) is 15.8. The van der Waals surface area contributed by atoms with E-state index in [0.29, 0.717) is 12.2 Å². The van der Waals surface area contributed by atoms with Crippen molar-refractivity contribution in [2.45, 2.75) is 34.6 Å². The molecule has 0 unspecified atom stereocenters.